The lowest BCUT2D eigenvalue weighted by atomic mass is 9.90. The van der Waals surface area contributed by atoms with Crippen LogP contribution in [-0.4, -0.2) is 50.0 Å². The molecular weight excluding hydrogens is 221 g/mol. The fourth-order valence-electron chi connectivity index (χ4n) is 2.06. The van der Waals surface area contributed by atoms with Crippen LogP contribution in [0.15, 0.2) is 0 Å². The van der Waals surface area contributed by atoms with E-state index in [4.69, 9.17) is 10.5 Å². The van der Waals surface area contributed by atoms with Gasteiger partial charge >= 0.3 is 6.18 Å². The molecule has 0 aromatic rings. The molecule has 0 unspecified atom stereocenters. The SMILES string of the molecule is COC1(C(F)(F)F)CCN(CCCN)CC1. The zero-order valence-corrected chi connectivity index (χ0v) is 9.52. The lowest BCUT2D eigenvalue weighted by molar-refractivity contribution is -0.282. The van der Waals surface area contributed by atoms with Gasteiger partial charge in [-0.25, -0.2) is 0 Å². The molecule has 96 valence electrons. The second-order valence-electron chi connectivity index (χ2n) is 4.18. The molecule has 1 fully saturated rings. The van der Waals surface area contributed by atoms with Crippen LogP contribution in [0.2, 0.25) is 0 Å². The molecule has 16 heavy (non-hydrogen) atoms. The highest BCUT2D eigenvalue weighted by molar-refractivity contribution is 4.93. The highest BCUT2D eigenvalue weighted by Gasteiger charge is 2.56. The van der Waals surface area contributed by atoms with E-state index in [0.29, 0.717) is 19.6 Å². The van der Waals surface area contributed by atoms with Crippen molar-refractivity contribution in [2.45, 2.75) is 31.0 Å². The summed E-state index contributed by atoms with van der Waals surface area (Å²) in [5, 5.41) is 0. The van der Waals surface area contributed by atoms with Gasteiger partial charge in [-0.2, -0.15) is 13.2 Å². The second kappa shape index (κ2) is 5.33. The van der Waals surface area contributed by atoms with E-state index >= 15 is 0 Å². The molecule has 1 aliphatic heterocycles. The van der Waals surface area contributed by atoms with Crippen LogP contribution in [0.3, 0.4) is 0 Å². The number of ether oxygens (including phenoxy) is 1. The first-order valence-corrected chi connectivity index (χ1v) is 5.49. The highest BCUT2D eigenvalue weighted by Crippen LogP contribution is 2.40. The number of alkyl halides is 3. The molecule has 0 amide bonds. The monoisotopic (exact) mass is 240 g/mol. The summed E-state index contributed by atoms with van der Waals surface area (Å²) in [5.41, 5.74) is 3.42. The Bertz CT molecular complexity index is 213. The Morgan fingerprint density at radius 1 is 1.31 bits per heavy atom. The smallest absolute Gasteiger partial charge is 0.369 e. The largest absolute Gasteiger partial charge is 0.417 e. The molecular formula is C10H19F3N2O. The van der Waals surface area contributed by atoms with E-state index in [-0.39, 0.29) is 12.8 Å². The van der Waals surface area contributed by atoms with Gasteiger partial charge in [-0.1, -0.05) is 0 Å². The molecule has 1 saturated heterocycles. The number of piperidine rings is 1. The van der Waals surface area contributed by atoms with Gasteiger partial charge in [0.05, 0.1) is 0 Å². The first kappa shape index (κ1) is 13.7. The first-order chi connectivity index (χ1) is 7.45. The van der Waals surface area contributed by atoms with Crippen LogP contribution in [0, 0.1) is 0 Å². The van der Waals surface area contributed by atoms with Crippen LogP contribution >= 0.6 is 0 Å². The zero-order valence-electron chi connectivity index (χ0n) is 9.52. The average Bonchev–Trinajstić information content (AvgIpc) is 2.25. The molecule has 1 rings (SSSR count). The minimum absolute atomic E-state index is 0.0115. The van der Waals surface area contributed by atoms with Gasteiger partial charge in [0.2, 0.25) is 0 Å². The van der Waals surface area contributed by atoms with E-state index in [2.05, 4.69) is 0 Å². The van der Waals surface area contributed by atoms with Crippen molar-refractivity contribution in [3.05, 3.63) is 0 Å². The van der Waals surface area contributed by atoms with Crippen molar-refractivity contribution < 1.29 is 17.9 Å². The minimum Gasteiger partial charge on any atom is -0.369 e. The maximum absolute atomic E-state index is 12.8. The fourth-order valence-corrected chi connectivity index (χ4v) is 2.06. The number of hydrogen-bond donors (Lipinski definition) is 1. The van der Waals surface area contributed by atoms with Gasteiger partial charge in [-0.15, -0.1) is 0 Å². The average molecular weight is 240 g/mol. The van der Waals surface area contributed by atoms with E-state index in [1.807, 2.05) is 4.90 Å². The Labute approximate surface area is 93.7 Å². The van der Waals surface area contributed by atoms with E-state index in [9.17, 15) is 13.2 Å². The van der Waals surface area contributed by atoms with Gasteiger partial charge in [-0.3, -0.25) is 0 Å². The number of nitrogens with zero attached hydrogens (tertiary/aromatic N) is 1. The van der Waals surface area contributed by atoms with Gasteiger partial charge in [0.1, 0.15) is 0 Å². The van der Waals surface area contributed by atoms with E-state index in [1.54, 1.807) is 0 Å². The summed E-state index contributed by atoms with van der Waals surface area (Å²) in [5.74, 6) is 0. The van der Waals surface area contributed by atoms with Gasteiger partial charge in [0, 0.05) is 20.2 Å². The molecule has 0 saturated carbocycles. The van der Waals surface area contributed by atoms with Crippen LogP contribution in [-0.2, 0) is 4.74 Å². The molecule has 0 radical (unpaired) electrons. The lowest BCUT2D eigenvalue weighted by Crippen LogP contribution is -2.54. The molecule has 0 spiro atoms. The van der Waals surface area contributed by atoms with Gasteiger partial charge in [-0.05, 0) is 32.4 Å². The fraction of sp³-hybridized carbons (Fsp3) is 1.00. The third-order valence-corrected chi connectivity index (χ3v) is 3.25. The third-order valence-electron chi connectivity index (χ3n) is 3.25. The summed E-state index contributed by atoms with van der Waals surface area (Å²) in [6.45, 7) is 2.19. The number of nitrogens with two attached hydrogens (primary N) is 1. The Morgan fingerprint density at radius 3 is 2.25 bits per heavy atom. The van der Waals surface area contributed by atoms with Crippen molar-refractivity contribution in [2.24, 2.45) is 5.73 Å². The van der Waals surface area contributed by atoms with Gasteiger partial charge < -0.3 is 15.4 Å². The van der Waals surface area contributed by atoms with Crippen LogP contribution in [0.5, 0.6) is 0 Å². The predicted molar refractivity (Wildman–Crippen MR) is 55.1 cm³/mol. The molecule has 0 atom stereocenters. The number of hydrogen-bond acceptors (Lipinski definition) is 3. The Morgan fingerprint density at radius 2 is 1.88 bits per heavy atom. The quantitative estimate of drug-likeness (QED) is 0.806. The zero-order chi connectivity index (χ0) is 12.2. The van der Waals surface area contributed by atoms with Crippen molar-refractivity contribution >= 4 is 0 Å². The molecule has 0 aromatic carbocycles. The summed E-state index contributed by atoms with van der Waals surface area (Å²) >= 11 is 0. The van der Waals surface area contributed by atoms with Crippen molar-refractivity contribution in [2.75, 3.05) is 33.3 Å². The maximum Gasteiger partial charge on any atom is 0.417 e. The van der Waals surface area contributed by atoms with Crippen molar-refractivity contribution in [3.63, 3.8) is 0 Å². The Kier molecular flexibility index (Phi) is 4.58. The third kappa shape index (κ3) is 2.87. The Hall–Kier alpha value is -0.330. The standard InChI is InChI=1S/C10H19F3N2O/c1-16-9(10(11,12)13)3-7-15(8-4-9)6-2-5-14/h2-8,14H2,1H3. The number of rotatable bonds is 4. The minimum atomic E-state index is -4.28. The Balaban J connectivity index is 2.51. The second-order valence-corrected chi connectivity index (χ2v) is 4.18. The van der Waals surface area contributed by atoms with Crippen LogP contribution < -0.4 is 5.73 Å². The van der Waals surface area contributed by atoms with Gasteiger partial charge in [0.25, 0.3) is 0 Å². The summed E-state index contributed by atoms with van der Waals surface area (Å²) in [6, 6.07) is 0. The molecule has 3 nitrogen and oxygen atoms in total. The molecule has 2 N–H and O–H groups in total. The maximum atomic E-state index is 12.8. The molecule has 0 aliphatic carbocycles. The topological polar surface area (TPSA) is 38.5 Å². The molecule has 1 aliphatic rings. The van der Waals surface area contributed by atoms with Crippen LogP contribution in [0.1, 0.15) is 19.3 Å². The lowest BCUT2D eigenvalue weighted by Gasteiger charge is -2.41. The summed E-state index contributed by atoms with van der Waals surface area (Å²) in [6.07, 6.45) is -3.43. The molecule has 0 bridgehead atoms. The predicted octanol–water partition coefficient (Wildman–Crippen LogP) is 1.38. The summed E-state index contributed by atoms with van der Waals surface area (Å²) in [4.78, 5) is 2.01. The van der Waals surface area contributed by atoms with E-state index in [0.717, 1.165) is 20.1 Å². The highest BCUT2D eigenvalue weighted by atomic mass is 19.4. The normalized spacial score (nSPS) is 22.3. The summed E-state index contributed by atoms with van der Waals surface area (Å²) < 4.78 is 43.2. The molecule has 0 aromatic heterocycles. The van der Waals surface area contributed by atoms with Crippen molar-refractivity contribution in [1.82, 2.24) is 4.90 Å². The van der Waals surface area contributed by atoms with E-state index < -0.39 is 11.8 Å². The molecule has 6 heteroatoms. The van der Waals surface area contributed by atoms with Crippen LogP contribution in [0.4, 0.5) is 13.2 Å². The number of halogens is 3. The number of methoxy groups -OCH3 is 1. The van der Waals surface area contributed by atoms with Crippen LogP contribution in [0.25, 0.3) is 0 Å². The molecule has 1 heterocycles. The first-order valence-electron chi connectivity index (χ1n) is 5.49. The van der Waals surface area contributed by atoms with Gasteiger partial charge in [0.15, 0.2) is 5.60 Å². The van der Waals surface area contributed by atoms with Crippen molar-refractivity contribution in [3.8, 4) is 0 Å². The number of likely N-dealkylation sites (tertiary alicyclic amines) is 1. The summed E-state index contributed by atoms with van der Waals surface area (Å²) in [7, 11) is 1.14. The van der Waals surface area contributed by atoms with E-state index in [1.165, 1.54) is 0 Å². The van der Waals surface area contributed by atoms with Crippen molar-refractivity contribution in [1.29, 1.82) is 0 Å².